The summed E-state index contributed by atoms with van der Waals surface area (Å²) in [5, 5.41) is 2.57. The Kier molecular flexibility index (Phi) is 2.91. The number of thiophene rings is 1. The van der Waals surface area contributed by atoms with Crippen LogP contribution in [0.5, 0.6) is 0 Å². The Bertz CT molecular complexity index is 1250. The summed E-state index contributed by atoms with van der Waals surface area (Å²) in [5.74, 6) is 0.269. The molecule has 0 saturated heterocycles. The van der Waals surface area contributed by atoms with Crippen molar-refractivity contribution in [2.75, 3.05) is 0 Å². The maximum atomic E-state index is 3.78. The van der Waals surface area contributed by atoms with Gasteiger partial charge in [0.2, 0.25) is 0 Å². The van der Waals surface area contributed by atoms with E-state index in [1.165, 1.54) is 48.0 Å². The predicted octanol–water partition coefficient (Wildman–Crippen LogP) is 7.02. The van der Waals surface area contributed by atoms with E-state index in [2.05, 4.69) is 91.0 Å². The number of rotatable bonds is 1. The second-order valence-corrected chi connectivity index (χ2v) is 7.94. The third-order valence-corrected chi connectivity index (χ3v) is 6.59. The molecule has 1 aromatic heterocycles. The molecule has 26 heavy (non-hydrogen) atoms. The van der Waals surface area contributed by atoms with Crippen molar-refractivity contribution >= 4 is 31.5 Å². The molecule has 1 radical (unpaired) electrons. The lowest BCUT2D eigenvalue weighted by Crippen LogP contribution is -1.99. The Labute approximate surface area is 156 Å². The highest BCUT2D eigenvalue weighted by Gasteiger charge is 2.29. The number of hydrogen-bond acceptors (Lipinski definition) is 1. The number of hydrogen-bond donors (Lipinski definition) is 0. The Hall–Kier alpha value is -2.90. The van der Waals surface area contributed by atoms with Gasteiger partial charge in [0.1, 0.15) is 0 Å². The molecule has 5 aromatic rings. The Balaban J connectivity index is 1.64. The average molecular weight is 347 g/mol. The molecule has 0 fully saturated rings. The van der Waals surface area contributed by atoms with Gasteiger partial charge >= 0.3 is 0 Å². The normalized spacial score (nSPS) is 13.2. The molecule has 0 unspecified atom stereocenters. The first kappa shape index (κ1) is 14.3. The molecular formula is C25H15S. The van der Waals surface area contributed by atoms with Crippen LogP contribution in [0.4, 0.5) is 0 Å². The SMILES string of the molecule is [c]1c(C2c3ccccc3-c3ccccc32)ccc2sc3ccccc3c12. The second-order valence-electron chi connectivity index (χ2n) is 6.86. The smallest absolute Gasteiger partial charge is 0.0361 e. The van der Waals surface area contributed by atoms with Crippen molar-refractivity contribution in [3.63, 3.8) is 0 Å². The van der Waals surface area contributed by atoms with Crippen LogP contribution in [0.3, 0.4) is 0 Å². The van der Waals surface area contributed by atoms with E-state index in [1.54, 1.807) is 0 Å². The first-order chi connectivity index (χ1) is 12.9. The highest BCUT2D eigenvalue weighted by atomic mass is 32.1. The van der Waals surface area contributed by atoms with Crippen molar-refractivity contribution in [2.24, 2.45) is 0 Å². The lowest BCUT2D eigenvalue weighted by molar-refractivity contribution is 1.02. The van der Waals surface area contributed by atoms with Gasteiger partial charge < -0.3 is 0 Å². The van der Waals surface area contributed by atoms with E-state index >= 15 is 0 Å². The van der Waals surface area contributed by atoms with E-state index in [-0.39, 0.29) is 5.92 Å². The van der Waals surface area contributed by atoms with Gasteiger partial charge in [-0.2, -0.15) is 0 Å². The third-order valence-electron chi connectivity index (χ3n) is 5.45. The molecule has 121 valence electrons. The van der Waals surface area contributed by atoms with Crippen LogP contribution in [0.15, 0.2) is 84.9 Å². The molecule has 0 atom stereocenters. The molecule has 1 heteroatoms. The van der Waals surface area contributed by atoms with Crippen LogP contribution in [-0.2, 0) is 0 Å². The fraction of sp³-hybridized carbons (Fsp3) is 0.0400. The number of fused-ring (bicyclic) bond motifs is 6. The fourth-order valence-corrected chi connectivity index (χ4v) is 5.38. The van der Waals surface area contributed by atoms with Crippen LogP contribution in [0.2, 0.25) is 0 Å². The molecule has 0 N–H and O–H groups in total. The first-order valence-corrected chi connectivity index (χ1v) is 9.73. The van der Waals surface area contributed by atoms with Crippen molar-refractivity contribution in [1.82, 2.24) is 0 Å². The van der Waals surface area contributed by atoms with Gasteiger partial charge in [-0.3, -0.25) is 0 Å². The summed E-state index contributed by atoms with van der Waals surface area (Å²) in [6.45, 7) is 0. The van der Waals surface area contributed by atoms with Crippen molar-refractivity contribution in [3.05, 3.63) is 108 Å². The highest BCUT2D eigenvalue weighted by molar-refractivity contribution is 7.25. The largest absolute Gasteiger partial charge is 0.135 e. The quantitative estimate of drug-likeness (QED) is 0.300. The van der Waals surface area contributed by atoms with Crippen LogP contribution in [0.1, 0.15) is 22.6 Å². The zero-order valence-corrected chi connectivity index (χ0v) is 14.9. The molecule has 0 amide bonds. The molecule has 1 aliphatic carbocycles. The minimum atomic E-state index is 0.269. The molecule has 0 bridgehead atoms. The summed E-state index contributed by atoms with van der Waals surface area (Å²) in [7, 11) is 0. The minimum absolute atomic E-state index is 0.269. The molecule has 0 spiro atoms. The zero-order chi connectivity index (χ0) is 17.1. The van der Waals surface area contributed by atoms with Gasteiger partial charge in [-0.05, 0) is 46.0 Å². The van der Waals surface area contributed by atoms with E-state index in [1.807, 2.05) is 11.3 Å². The van der Waals surface area contributed by atoms with Crippen LogP contribution >= 0.6 is 11.3 Å². The maximum absolute atomic E-state index is 3.78. The molecular weight excluding hydrogens is 332 g/mol. The lowest BCUT2D eigenvalue weighted by atomic mass is 9.88. The van der Waals surface area contributed by atoms with Gasteiger partial charge in [0, 0.05) is 26.1 Å². The second kappa shape index (κ2) is 5.30. The van der Waals surface area contributed by atoms with E-state index in [9.17, 15) is 0 Å². The Morgan fingerprint density at radius 1 is 0.615 bits per heavy atom. The summed E-state index contributed by atoms with van der Waals surface area (Å²) in [4.78, 5) is 0. The molecule has 4 aromatic carbocycles. The van der Waals surface area contributed by atoms with Crippen molar-refractivity contribution < 1.29 is 0 Å². The monoisotopic (exact) mass is 347 g/mol. The van der Waals surface area contributed by atoms with Gasteiger partial charge in [-0.1, -0.05) is 72.8 Å². The molecule has 1 heterocycles. The van der Waals surface area contributed by atoms with E-state index in [0.717, 1.165) is 0 Å². The van der Waals surface area contributed by atoms with Gasteiger partial charge in [0.15, 0.2) is 0 Å². The molecule has 0 nitrogen and oxygen atoms in total. The predicted molar refractivity (Wildman–Crippen MR) is 111 cm³/mol. The minimum Gasteiger partial charge on any atom is -0.135 e. The Morgan fingerprint density at radius 2 is 1.27 bits per heavy atom. The summed E-state index contributed by atoms with van der Waals surface area (Å²) < 4.78 is 2.65. The molecule has 6 rings (SSSR count). The summed E-state index contributed by atoms with van der Waals surface area (Å²) in [6, 6.07) is 34.6. The summed E-state index contributed by atoms with van der Waals surface area (Å²) in [5.41, 5.74) is 6.76. The third kappa shape index (κ3) is 1.89. The molecule has 0 aliphatic heterocycles. The van der Waals surface area contributed by atoms with Gasteiger partial charge in [0.25, 0.3) is 0 Å². The van der Waals surface area contributed by atoms with Crippen LogP contribution in [-0.4, -0.2) is 0 Å². The van der Waals surface area contributed by atoms with Crippen LogP contribution in [0.25, 0.3) is 31.3 Å². The molecule has 1 aliphatic rings. The van der Waals surface area contributed by atoms with Gasteiger partial charge in [-0.15, -0.1) is 11.3 Å². The maximum Gasteiger partial charge on any atom is 0.0361 e. The fourth-order valence-electron chi connectivity index (χ4n) is 4.32. The first-order valence-electron chi connectivity index (χ1n) is 8.92. The van der Waals surface area contributed by atoms with Crippen molar-refractivity contribution in [2.45, 2.75) is 5.92 Å². The van der Waals surface area contributed by atoms with Gasteiger partial charge in [-0.25, -0.2) is 0 Å². The van der Waals surface area contributed by atoms with E-state index in [4.69, 9.17) is 0 Å². The highest BCUT2D eigenvalue weighted by Crippen LogP contribution is 2.48. The van der Waals surface area contributed by atoms with Crippen molar-refractivity contribution in [1.29, 1.82) is 0 Å². The van der Waals surface area contributed by atoms with Gasteiger partial charge in [0.05, 0.1) is 0 Å². The average Bonchev–Trinajstić information content (AvgIpc) is 3.23. The van der Waals surface area contributed by atoms with Crippen LogP contribution < -0.4 is 0 Å². The van der Waals surface area contributed by atoms with E-state index < -0.39 is 0 Å². The standard InChI is InChI=1S/C25H15S/c1-3-10-20-17(7-1)18-8-2-4-11-21(18)25(20)16-13-14-24-22(15-16)19-9-5-6-12-23(19)26-24/h1-14,25H. The summed E-state index contributed by atoms with van der Waals surface area (Å²) >= 11 is 1.85. The van der Waals surface area contributed by atoms with Crippen molar-refractivity contribution in [3.8, 4) is 11.1 Å². The topological polar surface area (TPSA) is 0 Å². The zero-order valence-electron chi connectivity index (χ0n) is 14.1. The number of benzene rings is 4. The van der Waals surface area contributed by atoms with E-state index in [0.29, 0.717) is 0 Å². The summed E-state index contributed by atoms with van der Waals surface area (Å²) in [6.07, 6.45) is 0. The Morgan fingerprint density at radius 3 is 2.04 bits per heavy atom. The molecule has 0 saturated carbocycles. The lowest BCUT2D eigenvalue weighted by Gasteiger charge is -2.14. The van der Waals surface area contributed by atoms with Crippen LogP contribution in [0, 0.1) is 6.07 Å².